The molecule has 0 N–H and O–H groups in total. The third-order valence-corrected chi connectivity index (χ3v) is 4.58. The summed E-state index contributed by atoms with van der Waals surface area (Å²) in [6.45, 7) is 2.72. The zero-order valence-corrected chi connectivity index (χ0v) is 16.0. The Bertz CT molecular complexity index is 913. The van der Waals surface area contributed by atoms with Crippen LogP contribution in [-0.4, -0.2) is 18.1 Å². The smallest absolute Gasteiger partial charge is 0.338 e. The number of rotatable bonds is 5. The number of anilines is 1. The summed E-state index contributed by atoms with van der Waals surface area (Å²) in [7, 11) is 4.15. The van der Waals surface area contributed by atoms with E-state index in [0.29, 0.717) is 12.1 Å². The summed E-state index contributed by atoms with van der Waals surface area (Å²) in [5.41, 5.74) is 5.54. The second kappa shape index (κ2) is 8.11. The van der Waals surface area contributed by atoms with Crippen LogP contribution in [-0.2, 0) is 11.3 Å². The van der Waals surface area contributed by atoms with Gasteiger partial charge in [0.1, 0.15) is 0 Å². The Morgan fingerprint density at radius 1 is 1.12 bits per heavy atom. The maximum Gasteiger partial charge on any atom is 0.338 e. The Hall–Kier alpha value is -2.71. The van der Waals surface area contributed by atoms with E-state index >= 15 is 0 Å². The van der Waals surface area contributed by atoms with Gasteiger partial charge in [-0.1, -0.05) is 30.3 Å². The molecule has 1 atom stereocenters. The van der Waals surface area contributed by atoms with Crippen LogP contribution in [0, 0.1) is 6.92 Å². The lowest BCUT2D eigenvalue weighted by Gasteiger charge is -2.20. The van der Waals surface area contributed by atoms with E-state index in [-0.39, 0.29) is 5.97 Å². The number of hydrogen-bond donors (Lipinski definition) is 0. The van der Waals surface area contributed by atoms with Crippen molar-refractivity contribution in [3.05, 3.63) is 83.7 Å². The first-order chi connectivity index (χ1) is 12.6. The van der Waals surface area contributed by atoms with Crippen molar-refractivity contribution in [1.29, 1.82) is 0 Å². The molecule has 1 unspecified atom stereocenters. The van der Waals surface area contributed by atoms with E-state index in [2.05, 4.69) is 37.2 Å². The highest BCUT2D eigenvalue weighted by Gasteiger charge is 2.14. The van der Waals surface area contributed by atoms with Crippen LogP contribution < -0.4 is 4.67 Å². The van der Waals surface area contributed by atoms with Crippen molar-refractivity contribution in [2.45, 2.75) is 13.5 Å². The van der Waals surface area contributed by atoms with E-state index in [0.717, 1.165) is 28.1 Å². The SMILES string of the molecule is COC(=O)c1ccccc1-c1cc(C)cc(N(P)Cc2ccccn2)c1. The third kappa shape index (κ3) is 4.09. The molecule has 0 fully saturated rings. The lowest BCUT2D eigenvalue weighted by Crippen LogP contribution is -2.10. The topological polar surface area (TPSA) is 42.4 Å². The number of carbonyl (C=O) groups is 1. The monoisotopic (exact) mass is 364 g/mol. The van der Waals surface area contributed by atoms with Crippen LogP contribution in [0.25, 0.3) is 11.1 Å². The summed E-state index contributed by atoms with van der Waals surface area (Å²) >= 11 is 0. The van der Waals surface area contributed by atoms with Crippen molar-refractivity contribution < 1.29 is 9.53 Å². The van der Waals surface area contributed by atoms with Gasteiger partial charge >= 0.3 is 5.97 Å². The van der Waals surface area contributed by atoms with E-state index in [1.165, 1.54) is 7.11 Å². The Labute approximate surface area is 156 Å². The lowest BCUT2D eigenvalue weighted by atomic mass is 9.97. The van der Waals surface area contributed by atoms with Crippen LogP contribution in [0.5, 0.6) is 0 Å². The van der Waals surface area contributed by atoms with Crippen molar-refractivity contribution in [3.63, 3.8) is 0 Å². The number of benzene rings is 2. The van der Waals surface area contributed by atoms with E-state index in [9.17, 15) is 4.79 Å². The van der Waals surface area contributed by atoms with Gasteiger partial charge in [0.05, 0.1) is 24.9 Å². The number of carbonyl (C=O) groups excluding carboxylic acids is 1. The van der Waals surface area contributed by atoms with Crippen LogP contribution >= 0.6 is 9.39 Å². The van der Waals surface area contributed by atoms with Crippen LogP contribution in [0.1, 0.15) is 21.6 Å². The number of pyridine rings is 1. The van der Waals surface area contributed by atoms with Crippen molar-refractivity contribution >= 4 is 21.0 Å². The fourth-order valence-corrected chi connectivity index (χ4v) is 3.20. The first kappa shape index (κ1) is 18.1. The van der Waals surface area contributed by atoms with Gasteiger partial charge in [0, 0.05) is 11.9 Å². The Morgan fingerprint density at radius 2 is 1.88 bits per heavy atom. The summed E-state index contributed by atoms with van der Waals surface area (Å²) in [5.74, 6) is -0.333. The molecule has 0 aliphatic rings. The Morgan fingerprint density at radius 3 is 2.62 bits per heavy atom. The van der Waals surface area contributed by atoms with Gasteiger partial charge in [0.2, 0.25) is 0 Å². The normalized spacial score (nSPS) is 10.4. The molecule has 5 heteroatoms. The Balaban J connectivity index is 1.97. The molecule has 132 valence electrons. The number of aryl methyl sites for hydroxylation is 1. The summed E-state index contributed by atoms with van der Waals surface area (Å²) in [4.78, 5) is 16.5. The number of methoxy groups -OCH3 is 1. The number of aromatic nitrogens is 1. The fourth-order valence-electron chi connectivity index (χ4n) is 2.86. The van der Waals surface area contributed by atoms with Gasteiger partial charge in [-0.25, -0.2) is 4.79 Å². The van der Waals surface area contributed by atoms with Crippen LogP contribution in [0.3, 0.4) is 0 Å². The molecule has 26 heavy (non-hydrogen) atoms. The number of esters is 1. The van der Waals surface area contributed by atoms with Gasteiger partial charge < -0.3 is 9.41 Å². The average Bonchev–Trinajstić information content (AvgIpc) is 2.67. The zero-order valence-electron chi connectivity index (χ0n) is 14.8. The molecule has 0 spiro atoms. The molecule has 0 saturated carbocycles. The number of ether oxygens (including phenoxy) is 1. The second-order valence-corrected chi connectivity index (χ2v) is 6.67. The molecular formula is C21H21N2O2P. The van der Waals surface area contributed by atoms with Crippen molar-refractivity contribution in [2.24, 2.45) is 0 Å². The molecule has 0 saturated heterocycles. The summed E-state index contributed by atoms with van der Waals surface area (Å²) in [6, 6.07) is 19.6. The molecule has 1 aromatic heterocycles. The van der Waals surface area contributed by atoms with Gasteiger partial charge in [-0.05, 0) is 63.3 Å². The molecule has 3 aromatic rings. The van der Waals surface area contributed by atoms with Crippen LogP contribution in [0.4, 0.5) is 5.69 Å². The van der Waals surface area contributed by atoms with E-state index in [4.69, 9.17) is 4.74 Å². The highest BCUT2D eigenvalue weighted by molar-refractivity contribution is 7.19. The summed E-state index contributed by atoms with van der Waals surface area (Å²) in [6.07, 6.45) is 1.79. The second-order valence-electron chi connectivity index (χ2n) is 6.04. The molecule has 3 rings (SSSR count). The highest BCUT2D eigenvalue weighted by atomic mass is 31.0. The maximum atomic E-state index is 12.1. The van der Waals surface area contributed by atoms with E-state index in [1.807, 2.05) is 43.3 Å². The molecule has 0 radical (unpaired) electrons. The average molecular weight is 364 g/mol. The van der Waals surface area contributed by atoms with Crippen LogP contribution in [0.15, 0.2) is 66.9 Å². The van der Waals surface area contributed by atoms with Gasteiger partial charge in [-0.3, -0.25) is 4.98 Å². The largest absolute Gasteiger partial charge is 0.465 e. The maximum absolute atomic E-state index is 12.1. The first-order valence-corrected chi connectivity index (χ1v) is 8.81. The van der Waals surface area contributed by atoms with E-state index < -0.39 is 0 Å². The van der Waals surface area contributed by atoms with Crippen molar-refractivity contribution in [1.82, 2.24) is 4.98 Å². The molecule has 1 heterocycles. The van der Waals surface area contributed by atoms with Gasteiger partial charge in [-0.2, -0.15) is 0 Å². The molecule has 2 aromatic carbocycles. The molecule has 0 aliphatic carbocycles. The van der Waals surface area contributed by atoms with Crippen LogP contribution in [0.2, 0.25) is 0 Å². The predicted molar refractivity (Wildman–Crippen MR) is 108 cm³/mol. The minimum Gasteiger partial charge on any atom is -0.465 e. The minimum atomic E-state index is -0.333. The molecule has 4 nitrogen and oxygen atoms in total. The first-order valence-electron chi connectivity index (χ1n) is 8.30. The molecular weight excluding hydrogens is 343 g/mol. The Kier molecular flexibility index (Phi) is 5.65. The zero-order chi connectivity index (χ0) is 18.5. The quantitative estimate of drug-likeness (QED) is 0.489. The van der Waals surface area contributed by atoms with E-state index in [1.54, 1.807) is 12.3 Å². The van der Waals surface area contributed by atoms with Gasteiger partial charge in [0.25, 0.3) is 0 Å². The highest BCUT2D eigenvalue weighted by Crippen LogP contribution is 2.31. The summed E-state index contributed by atoms with van der Waals surface area (Å²) < 4.78 is 6.99. The van der Waals surface area contributed by atoms with Crippen molar-refractivity contribution in [2.75, 3.05) is 11.8 Å². The number of nitrogens with zero attached hydrogens (tertiary/aromatic N) is 2. The van der Waals surface area contributed by atoms with Crippen molar-refractivity contribution in [3.8, 4) is 11.1 Å². The lowest BCUT2D eigenvalue weighted by molar-refractivity contribution is 0.0601. The number of hydrogen-bond acceptors (Lipinski definition) is 4. The predicted octanol–water partition coefficient (Wildman–Crippen LogP) is 4.64. The summed E-state index contributed by atoms with van der Waals surface area (Å²) in [5, 5.41) is 0. The van der Waals surface area contributed by atoms with Gasteiger partial charge in [-0.15, -0.1) is 0 Å². The minimum absolute atomic E-state index is 0.333. The standard InChI is InChI=1S/C21H21N2O2P/c1-15-11-16(19-8-3-4-9-20(19)21(24)25-2)13-18(12-15)23(26)14-17-7-5-6-10-22-17/h3-13H,14,26H2,1-2H3. The third-order valence-electron chi connectivity index (χ3n) is 4.10. The molecule has 0 aliphatic heterocycles. The fraction of sp³-hybridized carbons (Fsp3) is 0.143. The van der Waals surface area contributed by atoms with Gasteiger partial charge in [0.15, 0.2) is 0 Å². The molecule has 0 amide bonds. The molecule has 0 bridgehead atoms.